The highest BCUT2D eigenvalue weighted by Crippen LogP contribution is 2.24. The Morgan fingerprint density at radius 2 is 1.79 bits per heavy atom. The molecule has 1 aliphatic rings. The first kappa shape index (κ1) is 12.6. The van der Waals surface area contributed by atoms with E-state index in [0.717, 1.165) is 37.1 Å². The second-order valence-corrected chi connectivity index (χ2v) is 5.32. The van der Waals surface area contributed by atoms with Crippen molar-refractivity contribution in [3.05, 3.63) is 30.1 Å². The summed E-state index contributed by atoms with van der Waals surface area (Å²) in [6.45, 7) is 2.26. The number of hydrogen-bond donors (Lipinski definition) is 0. The molecule has 0 aromatic carbocycles. The van der Waals surface area contributed by atoms with Crippen LogP contribution in [0, 0.1) is 0 Å². The summed E-state index contributed by atoms with van der Waals surface area (Å²) in [6, 6.07) is 0.498. The zero-order valence-electron chi connectivity index (χ0n) is 10.8. The third-order valence-electron chi connectivity index (χ3n) is 3.62. The number of likely N-dealkylation sites (tertiary alicyclic amines) is 1. The maximum Gasteiger partial charge on any atom is 0.222 e. The fourth-order valence-electron chi connectivity index (χ4n) is 2.41. The summed E-state index contributed by atoms with van der Waals surface area (Å²) in [4.78, 5) is 10.4. The molecule has 5 nitrogen and oxygen atoms in total. The van der Waals surface area contributed by atoms with Gasteiger partial charge < -0.3 is 4.90 Å². The molecule has 0 radical (unpaired) electrons. The topological polar surface area (TPSA) is 46.8 Å². The van der Waals surface area contributed by atoms with Crippen molar-refractivity contribution in [3.63, 3.8) is 0 Å². The zero-order valence-corrected chi connectivity index (χ0v) is 11.6. The van der Waals surface area contributed by atoms with Crippen LogP contribution in [0.15, 0.2) is 24.8 Å². The summed E-state index contributed by atoms with van der Waals surface area (Å²) in [5.74, 6) is 0. The van der Waals surface area contributed by atoms with E-state index in [9.17, 15) is 0 Å². The van der Waals surface area contributed by atoms with Crippen LogP contribution in [0.1, 0.15) is 18.9 Å². The van der Waals surface area contributed by atoms with Crippen LogP contribution in [-0.4, -0.2) is 44.8 Å². The Balaban J connectivity index is 1.77. The molecule has 0 amide bonds. The molecule has 0 spiro atoms. The van der Waals surface area contributed by atoms with Gasteiger partial charge in [0.05, 0.1) is 12.2 Å². The Morgan fingerprint density at radius 3 is 2.47 bits per heavy atom. The predicted octanol–water partition coefficient (Wildman–Crippen LogP) is 2.26. The SMILES string of the molecule is CN1CCC(n2cc(-c3cnc(Cl)nc3)cn2)CC1. The Morgan fingerprint density at radius 1 is 1.11 bits per heavy atom. The van der Waals surface area contributed by atoms with E-state index < -0.39 is 0 Å². The highest BCUT2D eigenvalue weighted by molar-refractivity contribution is 6.28. The average molecular weight is 278 g/mol. The molecule has 1 fully saturated rings. The molecule has 0 aliphatic carbocycles. The molecule has 0 saturated carbocycles. The number of hydrogen-bond acceptors (Lipinski definition) is 4. The third-order valence-corrected chi connectivity index (χ3v) is 3.81. The molecule has 0 bridgehead atoms. The monoisotopic (exact) mass is 277 g/mol. The van der Waals surface area contributed by atoms with Gasteiger partial charge in [-0.3, -0.25) is 4.68 Å². The highest BCUT2D eigenvalue weighted by Gasteiger charge is 2.19. The Kier molecular flexibility index (Phi) is 3.48. The van der Waals surface area contributed by atoms with Crippen molar-refractivity contribution in [1.82, 2.24) is 24.6 Å². The van der Waals surface area contributed by atoms with Crippen molar-refractivity contribution >= 4 is 11.6 Å². The van der Waals surface area contributed by atoms with E-state index in [-0.39, 0.29) is 5.28 Å². The lowest BCUT2D eigenvalue weighted by molar-refractivity contribution is 0.212. The van der Waals surface area contributed by atoms with Gasteiger partial charge in [-0.1, -0.05) is 0 Å². The Bertz CT molecular complexity index is 542. The van der Waals surface area contributed by atoms with Crippen LogP contribution in [0.4, 0.5) is 0 Å². The van der Waals surface area contributed by atoms with Gasteiger partial charge in [0.25, 0.3) is 0 Å². The lowest BCUT2D eigenvalue weighted by atomic mass is 10.1. The smallest absolute Gasteiger partial charge is 0.222 e. The summed E-state index contributed by atoms with van der Waals surface area (Å²) in [5.41, 5.74) is 1.99. The molecule has 2 aromatic heterocycles. The molecular formula is C13H16ClN5. The Labute approximate surface area is 117 Å². The summed E-state index contributed by atoms with van der Waals surface area (Å²) >= 11 is 5.69. The van der Waals surface area contributed by atoms with Gasteiger partial charge in [-0.05, 0) is 44.6 Å². The molecule has 2 aromatic rings. The molecule has 1 aliphatic heterocycles. The van der Waals surface area contributed by atoms with Gasteiger partial charge in [0.1, 0.15) is 0 Å². The van der Waals surface area contributed by atoms with Crippen LogP contribution in [0.2, 0.25) is 5.28 Å². The lowest BCUT2D eigenvalue weighted by Crippen LogP contribution is -2.31. The minimum atomic E-state index is 0.270. The van der Waals surface area contributed by atoms with Crippen LogP contribution >= 0.6 is 11.6 Å². The summed E-state index contributed by atoms with van der Waals surface area (Å²) in [7, 11) is 2.16. The maximum absolute atomic E-state index is 5.69. The van der Waals surface area contributed by atoms with Gasteiger partial charge in [0.2, 0.25) is 5.28 Å². The molecule has 3 rings (SSSR count). The first-order valence-electron chi connectivity index (χ1n) is 6.43. The van der Waals surface area contributed by atoms with Crippen molar-refractivity contribution in [3.8, 4) is 11.1 Å². The van der Waals surface area contributed by atoms with Gasteiger partial charge in [0, 0.05) is 29.7 Å². The largest absolute Gasteiger partial charge is 0.306 e. The van der Waals surface area contributed by atoms with Gasteiger partial charge in [-0.2, -0.15) is 5.10 Å². The molecule has 1 saturated heterocycles. The van der Waals surface area contributed by atoms with Crippen LogP contribution in [-0.2, 0) is 0 Å². The van der Waals surface area contributed by atoms with Crippen molar-refractivity contribution < 1.29 is 0 Å². The molecular weight excluding hydrogens is 262 g/mol. The summed E-state index contributed by atoms with van der Waals surface area (Å²) in [5, 5.41) is 4.74. The van der Waals surface area contributed by atoms with Crippen LogP contribution in [0.3, 0.4) is 0 Å². The third kappa shape index (κ3) is 2.77. The van der Waals surface area contributed by atoms with Crippen LogP contribution < -0.4 is 0 Å². The summed E-state index contributed by atoms with van der Waals surface area (Å²) in [6.07, 6.45) is 9.69. The highest BCUT2D eigenvalue weighted by atomic mass is 35.5. The van der Waals surface area contributed by atoms with Gasteiger partial charge in [-0.15, -0.1) is 0 Å². The van der Waals surface area contributed by atoms with Gasteiger partial charge in [0.15, 0.2) is 0 Å². The van der Waals surface area contributed by atoms with E-state index in [1.165, 1.54) is 0 Å². The number of piperidine rings is 1. The zero-order chi connectivity index (χ0) is 13.2. The summed E-state index contributed by atoms with van der Waals surface area (Å²) < 4.78 is 2.07. The van der Waals surface area contributed by atoms with Crippen molar-refractivity contribution in [2.45, 2.75) is 18.9 Å². The number of aromatic nitrogens is 4. The minimum Gasteiger partial charge on any atom is -0.306 e. The first-order chi connectivity index (χ1) is 9.22. The molecule has 6 heteroatoms. The van der Waals surface area contributed by atoms with E-state index in [2.05, 4.69) is 37.9 Å². The quantitative estimate of drug-likeness (QED) is 0.790. The second-order valence-electron chi connectivity index (χ2n) is 4.98. The maximum atomic E-state index is 5.69. The first-order valence-corrected chi connectivity index (χ1v) is 6.81. The Hall–Kier alpha value is -1.46. The van der Waals surface area contributed by atoms with Crippen molar-refractivity contribution in [1.29, 1.82) is 0 Å². The molecule has 0 atom stereocenters. The van der Waals surface area contributed by atoms with Crippen molar-refractivity contribution in [2.24, 2.45) is 0 Å². The lowest BCUT2D eigenvalue weighted by Gasteiger charge is -2.28. The van der Waals surface area contributed by atoms with E-state index in [1.54, 1.807) is 12.4 Å². The van der Waals surface area contributed by atoms with E-state index in [4.69, 9.17) is 11.6 Å². The van der Waals surface area contributed by atoms with Crippen molar-refractivity contribution in [2.75, 3.05) is 20.1 Å². The van der Waals surface area contributed by atoms with E-state index in [0.29, 0.717) is 6.04 Å². The molecule has 0 unspecified atom stereocenters. The normalized spacial score (nSPS) is 17.8. The molecule has 3 heterocycles. The predicted molar refractivity (Wildman–Crippen MR) is 74.0 cm³/mol. The number of nitrogens with zero attached hydrogens (tertiary/aromatic N) is 5. The molecule has 100 valence electrons. The number of rotatable bonds is 2. The van der Waals surface area contributed by atoms with Gasteiger partial charge >= 0.3 is 0 Å². The van der Waals surface area contributed by atoms with Crippen LogP contribution in [0.5, 0.6) is 0 Å². The standard InChI is InChI=1S/C13H16ClN5/c1-18-4-2-12(3-5-18)19-9-11(8-17-19)10-6-15-13(14)16-7-10/h6-9,12H,2-5H2,1H3. The number of halogens is 1. The molecule has 0 N–H and O–H groups in total. The fraction of sp³-hybridized carbons (Fsp3) is 0.462. The fourth-order valence-corrected chi connectivity index (χ4v) is 2.51. The van der Waals surface area contributed by atoms with Crippen LogP contribution in [0.25, 0.3) is 11.1 Å². The molecule has 19 heavy (non-hydrogen) atoms. The average Bonchev–Trinajstić information content (AvgIpc) is 2.90. The second kappa shape index (κ2) is 5.27. The van der Waals surface area contributed by atoms with E-state index >= 15 is 0 Å². The van der Waals surface area contributed by atoms with E-state index in [1.807, 2.05) is 6.20 Å². The van der Waals surface area contributed by atoms with Gasteiger partial charge in [-0.25, -0.2) is 9.97 Å². The minimum absolute atomic E-state index is 0.270.